The second-order valence-corrected chi connectivity index (χ2v) is 5.36. The molecule has 0 aliphatic carbocycles. The second kappa shape index (κ2) is 7.01. The maximum Gasteiger partial charge on any atom is 0.247 e. The summed E-state index contributed by atoms with van der Waals surface area (Å²) in [6.07, 6.45) is 2.65. The summed E-state index contributed by atoms with van der Waals surface area (Å²) >= 11 is 0. The molecular weight excluding hydrogens is 290 g/mol. The van der Waals surface area contributed by atoms with Crippen molar-refractivity contribution in [3.8, 4) is 11.5 Å². The summed E-state index contributed by atoms with van der Waals surface area (Å²) in [5.41, 5.74) is 2.83. The van der Waals surface area contributed by atoms with Crippen LogP contribution in [0.3, 0.4) is 0 Å². The van der Waals surface area contributed by atoms with E-state index < -0.39 is 0 Å². The number of rotatable bonds is 5. The van der Waals surface area contributed by atoms with Gasteiger partial charge in [0, 0.05) is 12.1 Å². The van der Waals surface area contributed by atoms with Crippen molar-refractivity contribution in [3.63, 3.8) is 0 Å². The summed E-state index contributed by atoms with van der Waals surface area (Å²) < 4.78 is 11.2. The van der Waals surface area contributed by atoms with E-state index >= 15 is 0 Å². The van der Waals surface area contributed by atoms with Gasteiger partial charge in [-0.1, -0.05) is 36.4 Å². The van der Waals surface area contributed by atoms with E-state index in [0.717, 1.165) is 23.1 Å². The third-order valence-corrected chi connectivity index (χ3v) is 3.74. The molecule has 1 aliphatic rings. The predicted molar refractivity (Wildman–Crippen MR) is 89.4 cm³/mol. The Kier molecular flexibility index (Phi) is 4.62. The molecular formula is C19H19NO3. The number of nitrogens with one attached hydrogen (secondary N) is 1. The Hall–Kier alpha value is -2.75. The molecule has 0 atom stereocenters. The average Bonchev–Trinajstić information content (AvgIpc) is 2.99. The smallest absolute Gasteiger partial charge is 0.247 e. The first-order valence-corrected chi connectivity index (χ1v) is 7.60. The van der Waals surface area contributed by atoms with Gasteiger partial charge >= 0.3 is 0 Å². The molecule has 1 saturated heterocycles. The van der Waals surface area contributed by atoms with Crippen LogP contribution in [-0.2, 0) is 11.4 Å². The van der Waals surface area contributed by atoms with Gasteiger partial charge < -0.3 is 14.8 Å². The van der Waals surface area contributed by atoms with Gasteiger partial charge in [-0.05, 0) is 35.8 Å². The van der Waals surface area contributed by atoms with Crippen LogP contribution in [0.15, 0.2) is 54.1 Å². The highest BCUT2D eigenvalue weighted by Crippen LogP contribution is 2.30. The van der Waals surface area contributed by atoms with Crippen molar-refractivity contribution < 1.29 is 14.3 Å². The standard InChI is InChI=1S/C19H19NO3/c1-22-18-12-15(11-16-9-10-20-19(16)21)7-8-17(18)23-13-14-5-3-2-4-6-14/h2-8,11-12H,9-10,13H2,1H3,(H,20,21)/b16-11-. The zero-order valence-corrected chi connectivity index (χ0v) is 13.0. The lowest BCUT2D eigenvalue weighted by Gasteiger charge is -2.11. The maximum atomic E-state index is 11.6. The molecule has 1 amide bonds. The number of ether oxygens (including phenoxy) is 2. The molecule has 2 aromatic carbocycles. The lowest BCUT2D eigenvalue weighted by atomic mass is 10.1. The molecule has 3 rings (SSSR count). The molecule has 1 N–H and O–H groups in total. The summed E-state index contributed by atoms with van der Waals surface area (Å²) in [6, 6.07) is 15.7. The third kappa shape index (κ3) is 3.72. The van der Waals surface area contributed by atoms with Crippen molar-refractivity contribution in [2.45, 2.75) is 13.0 Å². The summed E-state index contributed by atoms with van der Waals surface area (Å²) in [5, 5.41) is 2.81. The van der Waals surface area contributed by atoms with Crippen LogP contribution in [0.2, 0.25) is 0 Å². The minimum absolute atomic E-state index is 0.00775. The first-order valence-electron chi connectivity index (χ1n) is 7.60. The Balaban J connectivity index is 1.76. The lowest BCUT2D eigenvalue weighted by Crippen LogP contribution is -2.13. The topological polar surface area (TPSA) is 47.6 Å². The first kappa shape index (κ1) is 15.2. The third-order valence-electron chi connectivity index (χ3n) is 3.74. The quantitative estimate of drug-likeness (QED) is 0.863. The molecule has 118 valence electrons. The SMILES string of the molecule is COc1cc(/C=C2/CCNC2=O)ccc1OCc1ccccc1. The van der Waals surface area contributed by atoms with Crippen molar-refractivity contribution in [1.29, 1.82) is 0 Å². The van der Waals surface area contributed by atoms with Gasteiger partial charge in [0.2, 0.25) is 5.91 Å². The number of hydrogen-bond acceptors (Lipinski definition) is 3. The number of methoxy groups -OCH3 is 1. The van der Waals surface area contributed by atoms with Crippen LogP contribution < -0.4 is 14.8 Å². The number of carbonyl (C=O) groups is 1. The highest BCUT2D eigenvalue weighted by Gasteiger charge is 2.16. The molecule has 0 unspecified atom stereocenters. The molecule has 1 aliphatic heterocycles. The largest absolute Gasteiger partial charge is 0.493 e. The highest BCUT2D eigenvalue weighted by molar-refractivity contribution is 5.99. The molecule has 0 bridgehead atoms. The van der Waals surface area contributed by atoms with Gasteiger partial charge in [0.15, 0.2) is 11.5 Å². The Labute approximate surface area is 135 Å². The van der Waals surface area contributed by atoms with Gasteiger partial charge in [0.25, 0.3) is 0 Å². The van der Waals surface area contributed by atoms with Gasteiger partial charge in [0.05, 0.1) is 7.11 Å². The average molecular weight is 309 g/mol. The van der Waals surface area contributed by atoms with Crippen molar-refractivity contribution in [2.24, 2.45) is 0 Å². The van der Waals surface area contributed by atoms with Crippen LogP contribution in [0.4, 0.5) is 0 Å². The van der Waals surface area contributed by atoms with Crippen LogP contribution in [0.5, 0.6) is 11.5 Å². The number of amides is 1. The van der Waals surface area contributed by atoms with Crippen LogP contribution in [-0.4, -0.2) is 19.6 Å². The van der Waals surface area contributed by atoms with Crippen LogP contribution >= 0.6 is 0 Å². The second-order valence-electron chi connectivity index (χ2n) is 5.36. The van der Waals surface area contributed by atoms with Gasteiger partial charge in [-0.3, -0.25) is 4.79 Å². The van der Waals surface area contributed by atoms with Crippen molar-refractivity contribution >= 4 is 12.0 Å². The fourth-order valence-electron chi connectivity index (χ4n) is 2.51. The van der Waals surface area contributed by atoms with Gasteiger partial charge in [-0.2, -0.15) is 0 Å². The number of benzene rings is 2. The summed E-state index contributed by atoms with van der Waals surface area (Å²) in [5.74, 6) is 1.36. The molecule has 4 heteroatoms. The Morgan fingerprint density at radius 1 is 1.13 bits per heavy atom. The van der Waals surface area contributed by atoms with Crippen molar-refractivity contribution in [2.75, 3.05) is 13.7 Å². The molecule has 0 saturated carbocycles. The van der Waals surface area contributed by atoms with E-state index in [4.69, 9.17) is 9.47 Å². The van der Waals surface area contributed by atoms with Crippen molar-refractivity contribution in [1.82, 2.24) is 5.32 Å². The van der Waals surface area contributed by atoms with E-state index in [2.05, 4.69) is 5.32 Å². The van der Waals surface area contributed by atoms with E-state index in [0.29, 0.717) is 24.7 Å². The number of hydrogen-bond donors (Lipinski definition) is 1. The van der Waals surface area contributed by atoms with Gasteiger partial charge in [0.1, 0.15) is 6.61 Å². The molecule has 0 radical (unpaired) electrons. The fourth-order valence-corrected chi connectivity index (χ4v) is 2.51. The molecule has 2 aromatic rings. The van der Waals surface area contributed by atoms with Crippen LogP contribution in [0.1, 0.15) is 17.5 Å². The number of carbonyl (C=O) groups excluding carboxylic acids is 1. The highest BCUT2D eigenvalue weighted by atomic mass is 16.5. The Bertz CT molecular complexity index is 723. The van der Waals surface area contributed by atoms with E-state index in [1.54, 1.807) is 7.11 Å². The summed E-state index contributed by atoms with van der Waals surface area (Å²) in [6.45, 7) is 1.19. The normalized spacial score (nSPS) is 15.5. The first-order chi connectivity index (χ1) is 11.3. The lowest BCUT2D eigenvalue weighted by molar-refractivity contribution is -0.116. The Morgan fingerprint density at radius 2 is 1.96 bits per heavy atom. The zero-order chi connectivity index (χ0) is 16.1. The molecule has 0 aromatic heterocycles. The van der Waals surface area contributed by atoms with E-state index in [9.17, 15) is 4.79 Å². The van der Waals surface area contributed by atoms with Gasteiger partial charge in [-0.15, -0.1) is 0 Å². The minimum atomic E-state index is 0.00775. The zero-order valence-electron chi connectivity index (χ0n) is 13.0. The minimum Gasteiger partial charge on any atom is -0.493 e. The van der Waals surface area contributed by atoms with Crippen LogP contribution in [0.25, 0.3) is 6.08 Å². The van der Waals surface area contributed by atoms with Crippen LogP contribution in [0, 0.1) is 0 Å². The van der Waals surface area contributed by atoms with Gasteiger partial charge in [-0.25, -0.2) is 0 Å². The molecule has 4 nitrogen and oxygen atoms in total. The van der Waals surface area contributed by atoms with Crippen molar-refractivity contribution in [3.05, 3.63) is 65.2 Å². The predicted octanol–water partition coefficient (Wildman–Crippen LogP) is 3.18. The molecule has 1 heterocycles. The maximum absolute atomic E-state index is 11.6. The Morgan fingerprint density at radius 3 is 2.65 bits per heavy atom. The van der Waals surface area contributed by atoms with E-state index in [1.807, 2.05) is 54.6 Å². The molecule has 23 heavy (non-hydrogen) atoms. The molecule has 1 fully saturated rings. The monoisotopic (exact) mass is 309 g/mol. The summed E-state index contributed by atoms with van der Waals surface area (Å²) in [4.78, 5) is 11.6. The molecule has 0 spiro atoms. The van der Waals surface area contributed by atoms with E-state index in [-0.39, 0.29) is 5.91 Å². The van der Waals surface area contributed by atoms with E-state index in [1.165, 1.54) is 0 Å². The summed E-state index contributed by atoms with van der Waals surface area (Å²) in [7, 11) is 1.61. The fraction of sp³-hybridized carbons (Fsp3) is 0.211.